The molecule has 0 aromatic rings. The lowest BCUT2D eigenvalue weighted by Gasteiger charge is -2.30. The van der Waals surface area contributed by atoms with Gasteiger partial charge in [0.05, 0.1) is 5.92 Å². The summed E-state index contributed by atoms with van der Waals surface area (Å²) >= 11 is 0. The maximum absolute atomic E-state index is 12.5. The Morgan fingerprint density at radius 2 is 1.72 bits per heavy atom. The number of hydrogen-bond acceptors (Lipinski definition) is 2. The normalized spacial score (nSPS) is 15.2. The average Bonchev–Trinajstić information content (AvgIpc) is 2.20. The van der Waals surface area contributed by atoms with E-state index in [4.69, 9.17) is 5.73 Å². The second kappa shape index (κ2) is 6.72. The first kappa shape index (κ1) is 16.9. The summed E-state index contributed by atoms with van der Waals surface area (Å²) < 4.78 is 0. The Hall–Kier alpha value is -1.12. The molecule has 0 saturated heterocycles. The Labute approximate surface area is 111 Å². The van der Waals surface area contributed by atoms with Crippen molar-refractivity contribution in [3.8, 4) is 0 Å². The minimum absolute atomic E-state index is 0.113. The molecule has 0 fully saturated rings. The fourth-order valence-corrected chi connectivity index (χ4v) is 2.18. The molecule has 0 radical (unpaired) electrons. The second-order valence-corrected chi connectivity index (χ2v) is 6.38. The number of carbonyl (C=O) groups is 2. The lowest BCUT2D eigenvalue weighted by molar-refractivity contribution is -0.137. The van der Waals surface area contributed by atoms with Crippen molar-refractivity contribution in [2.24, 2.45) is 28.9 Å². The second-order valence-electron chi connectivity index (χ2n) is 6.38. The smallest absolute Gasteiger partial charge is 0.221 e. The van der Waals surface area contributed by atoms with E-state index < -0.39 is 17.2 Å². The van der Waals surface area contributed by atoms with Crippen molar-refractivity contribution in [3.63, 3.8) is 0 Å². The third-order valence-electron chi connectivity index (χ3n) is 3.07. The van der Waals surface area contributed by atoms with E-state index in [2.05, 4.69) is 20.4 Å². The quantitative estimate of drug-likeness (QED) is 0.709. The summed E-state index contributed by atoms with van der Waals surface area (Å²) in [5, 5.41) is 0. The van der Waals surface area contributed by atoms with Crippen LogP contribution < -0.4 is 5.73 Å². The molecular weight excluding hydrogens is 226 g/mol. The van der Waals surface area contributed by atoms with Crippen molar-refractivity contribution in [3.05, 3.63) is 12.7 Å². The van der Waals surface area contributed by atoms with E-state index in [-0.39, 0.29) is 11.7 Å². The van der Waals surface area contributed by atoms with Gasteiger partial charge in [0.1, 0.15) is 5.78 Å². The molecule has 0 aromatic heterocycles. The summed E-state index contributed by atoms with van der Waals surface area (Å²) in [6, 6.07) is 0. The Bertz CT molecular complexity index is 313. The van der Waals surface area contributed by atoms with Crippen LogP contribution in [0.3, 0.4) is 0 Å². The highest BCUT2D eigenvalue weighted by Crippen LogP contribution is 2.31. The number of nitrogens with two attached hydrogens (primary N) is 1. The summed E-state index contributed by atoms with van der Waals surface area (Å²) in [6.45, 7) is 13.4. The Balaban J connectivity index is 5.24. The number of primary amides is 1. The van der Waals surface area contributed by atoms with Crippen molar-refractivity contribution in [2.45, 2.75) is 47.5 Å². The Kier molecular flexibility index (Phi) is 6.30. The molecule has 3 heteroatoms. The lowest BCUT2D eigenvalue weighted by atomic mass is 9.72. The van der Waals surface area contributed by atoms with Gasteiger partial charge in [0, 0.05) is 11.3 Å². The maximum atomic E-state index is 12.5. The van der Waals surface area contributed by atoms with E-state index in [1.54, 1.807) is 6.08 Å². The number of hydrogen-bond donors (Lipinski definition) is 1. The average molecular weight is 253 g/mol. The molecule has 0 unspecified atom stereocenters. The fraction of sp³-hybridized carbons (Fsp3) is 0.733. The third kappa shape index (κ3) is 5.03. The van der Waals surface area contributed by atoms with Crippen molar-refractivity contribution in [1.82, 2.24) is 0 Å². The molecule has 0 aromatic carbocycles. The van der Waals surface area contributed by atoms with Crippen molar-refractivity contribution in [1.29, 1.82) is 0 Å². The minimum atomic E-state index is -0.450. The topological polar surface area (TPSA) is 60.2 Å². The van der Waals surface area contributed by atoms with Crippen LogP contribution in [0, 0.1) is 23.2 Å². The predicted octanol–water partition coefficient (Wildman–Crippen LogP) is 2.94. The van der Waals surface area contributed by atoms with Gasteiger partial charge in [-0.15, -0.1) is 6.58 Å². The van der Waals surface area contributed by atoms with Crippen molar-refractivity contribution >= 4 is 11.7 Å². The summed E-state index contributed by atoms with van der Waals surface area (Å²) in [5.74, 6) is -0.676. The molecule has 0 rings (SSSR count). The van der Waals surface area contributed by atoms with Gasteiger partial charge in [-0.2, -0.15) is 0 Å². The van der Waals surface area contributed by atoms with Gasteiger partial charge in [-0.3, -0.25) is 9.59 Å². The molecular formula is C15H27NO2. The van der Waals surface area contributed by atoms with E-state index in [1.165, 1.54) is 0 Å². The zero-order valence-corrected chi connectivity index (χ0v) is 12.3. The molecule has 0 saturated carbocycles. The van der Waals surface area contributed by atoms with E-state index in [0.717, 1.165) is 0 Å². The highest BCUT2D eigenvalue weighted by molar-refractivity contribution is 5.91. The molecule has 0 bridgehead atoms. The van der Waals surface area contributed by atoms with Gasteiger partial charge in [0.15, 0.2) is 0 Å². The summed E-state index contributed by atoms with van der Waals surface area (Å²) in [7, 11) is 0. The molecule has 0 aliphatic rings. The number of carbonyl (C=O) groups excluding carboxylic acids is 2. The van der Waals surface area contributed by atoms with E-state index >= 15 is 0 Å². The largest absolute Gasteiger partial charge is 0.369 e. The summed E-state index contributed by atoms with van der Waals surface area (Å²) in [6.07, 6.45) is 2.82. The maximum Gasteiger partial charge on any atom is 0.221 e. The van der Waals surface area contributed by atoms with E-state index in [9.17, 15) is 9.59 Å². The van der Waals surface area contributed by atoms with E-state index in [1.807, 2.05) is 20.8 Å². The number of rotatable bonds is 7. The van der Waals surface area contributed by atoms with Crippen LogP contribution in [0.15, 0.2) is 12.7 Å². The number of allylic oxidation sites excluding steroid dienone is 1. The number of Topliss-reactive ketones (excluding diaryl/α,β-unsaturated/α-hetero) is 1. The highest BCUT2D eigenvalue weighted by atomic mass is 16.1. The molecule has 1 amide bonds. The number of amides is 1. The molecule has 0 heterocycles. The van der Waals surface area contributed by atoms with Crippen LogP contribution in [0.25, 0.3) is 0 Å². The van der Waals surface area contributed by atoms with Crippen LogP contribution in [-0.4, -0.2) is 11.7 Å². The van der Waals surface area contributed by atoms with Gasteiger partial charge >= 0.3 is 0 Å². The molecule has 0 aliphatic carbocycles. The molecule has 0 aliphatic heterocycles. The Morgan fingerprint density at radius 1 is 1.22 bits per heavy atom. The van der Waals surface area contributed by atoms with Gasteiger partial charge < -0.3 is 5.73 Å². The van der Waals surface area contributed by atoms with Crippen LogP contribution >= 0.6 is 0 Å². The van der Waals surface area contributed by atoms with E-state index in [0.29, 0.717) is 18.8 Å². The fourth-order valence-electron chi connectivity index (χ4n) is 2.18. The molecule has 2 atom stereocenters. The standard InChI is InChI=1S/C15H27NO2/c1-7-8-11(14(16)18)12(9-10(2)3)13(17)15(4,5)6/h7,10-12H,1,8-9H2,2-6H3,(H2,16,18)/t11-,12+/m0/s1. The highest BCUT2D eigenvalue weighted by Gasteiger charge is 2.37. The summed E-state index contributed by atoms with van der Waals surface area (Å²) in [4.78, 5) is 24.0. The monoisotopic (exact) mass is 253 g/mol. The van der Waals surface area contributed by atoms with Crippen molar-refractivity contribution < 1.29 is 9.59 Å². The van der Waals surface area contributed by atoms with Crippen LogP contribution in [-0.2, 0) is 9.59 Å². The molecule has 18 heavy (non-hydrogen) atoms. The van der Waals surface area contributed by atoms with Crippen LogP contribution in [0.4, 0.5) is 0 Å². The molecule has 0 spiro atoms. The minimum Gasteiger partial charge on any atom is -0.369 e. The predicted molar refractivity (Wildman–Crippen MR) is 74.9 cm³/mol. The summed E-state index contributed by atoms with van der Waals surface area (Å²) in [5.41, 5.74) is 4.99. The first-order valence-electron chi connectivity index (χ1n) is 6.55. The first-order valence-corrected chi connectivity index (χ1v) is 6.55. The van der Waals surface area contributed by atoms with Crippen molar-refractivity contribution in [2.75, 3.05) is 0 Å². The third-order valence-corrected chi connectivity index (χ3v) is 3.07. The van der Waals surface area contributed by atoms with Crippen LogP contribution in [0.1, 0.15) is 47.5 Å². The lowest BCUT2D eigenvalue weighted by Crippen LogP contribution is -2.39. The van der Waals surface area contributed by atoms with Crippen LogP contribution in [0.5, 0.6) is 0 Å². The molecule has 104 valence electrons. The SMILES string of the molecule is C=CC[C@H](C(N)=O)[C@@H](CC(C)C)C(=O)C(C)(C)C. The molecule has 3 nitrogen and oxygen atoms in total. The van der Waals surface area contributed by atoms with Gasteiger partial charge in [0.2, 0.25) is 5.91 Å². The van der Waals surface area contributed by atoms with Gasteiger partial charge in [0.25, 0.3) is 0 Å². The van der Waals surface area contributed by atoms with Gasteiger partial charge in [-0.25, -0.2) is 0 Å². The van der Waals surface area contributed by atoms with Gasteiger partial charge in [-0.05, 0) is 18.8 Å². The zero-order valence-electron chi connectivity index (χ0n) is 12.3. The van der Waals surface area contributed by atoms with Crippen LogP contribution in [0.2, 0.25) is 0 Å². The molecule has 2 N–H and O–H groups in total. The zero-order chi connectivity index (χ0) is 14.5. The Morgan fingerprint density at radius 3 is 2.00 bits per heavy atom. The number of ketones is 1. The first-order chi connectivity index (χ1) is 8.11. The van der Waals surface area contributed by atoms with Gasteiger partial charge in [-0.1, -0.05) is 40.7 Å².